The molecule has 1 saturated carbocycles. The molecular formula is C21H30N4O3. The summed E-state index contributed by atoms with van der Waals surface area (Å²) in [6.07, 6.45) is 3.92. The van der Waals surface area contributed by atoms with Crippen molar-refractivity contribution in [2.24, 2.45) is 5.92 Å². The fraction of sp³-hybridized carbons (Fsp3) is 0.571. The highest BCUT2D eigenvalue weighted by Crippen LogP contribution is 2.36. The van der Waals surface area contributed by atoms with E-state index in [1.54, 1.807) is 0 Å². The lowest BCUT2D eigenvalue weighted by atomic mass is 9.77. The summed E-state index contributed by atoms with van der Waals surface area (Å²) in [5, 5.41) is 5.66. The van der Waals surface area contributed by atoms with E-state index in [1.165, 1.54) is 0 Å². The van der Waals surface area contributed by atoms with E-state index in [-0.39, 0.29) is 18.4 Å². The Morgan fingerprint density at radius 2 is 1.93 bits per heavy atom. The predicted molar refractivity (Wildman–Crippen MR) is 108 cm³/mol. The van der Waals surface area contributed by atoms with Crippen molar-refractivity contribution in [1.29, 1.82) is 0 Å². The minimum atomic E-state index is -0.789. The van der Waals surface area contributed by atoms with E-state index in [4.69, 9.17) is 0 Å². The van der Waals surface area contributed by atoms with Crippen molar-refractivity contribution in [3.05, 3.63) is 30.3 Å². The number of urea groups is 1. The Hall–Kier alpha value is -2.57. The first kappa shape index (κ1) is 20.2. The number of rotatable bonds is 7. The van der Waals surface area contributed by atoms with Gasteiger partial charge < -0.3 is 15.5 Å². The molecule has 0 unspecified atom stereocenters. The standard InChI is InChI=1S/C21H30N4O3/c1-16-9-11-21(12-10-16)19(27)25(20(28)23-21)15-18(26)22-13-6-14-24(2)17-7-4-3-5-8-17/h3-5,7-8,16H,6,9-15H2,1-2H3,(H,22,26)(H,23,28). The lowest BCUT2D eigenvalue weighted by Crippen LogP contribution is -2.50. The quantitative estimate of drug-likeness (QED) is 0.556. The van der Waals surface area contributed by atoms with Gasteiger partial charge >= 0.3 is 6.03 Å². The monoisotopic (exact) mass is 386 g/mol. The molecule has 2 N–H and O–H groups in total. The van der Waals surface area contributed by atoms with Crippen LogP contribution >= 0.6 is 0 Å². The molecular weight excluding hydrogens is 356 g/mol. The van der Waals surface area contributed by atoms with Gasteiger partial charge in [-0.05, 0) is 50.2 Å². The third-order valence-corrected chi connectivity index (χ3v) is 5.86. The van der Waals surface area contributed by atoms with Crippen LogP contribution in [0.2, 0.25) is 0 Å². The average Bonchev–Trinajstić information content (AvgIpc) is 2.92. The number of carbonyl (C=O) groups is 3. The number of benzene rings is 1. The molecule has 1 saturated heterocycles. The van der Waals surface area contributed by atoms with E-state index >= 15 is 0 Å². The Morgan fingerprint density at radius 3 is 2.61 bits per heavy atom. The minimum Gasteiger partial charge on any atom is -0.375 e. The zero-order valence-electron chi connectivity index (χ0n) is 16.7. The van der Waals surface area contributed by atoms with Gasteiger partial charge in [-0.3, -0.25) is 14.5 Å². The number of imide groups is 1. The molecule has 2 aliphatic rings. The van der Waals surface area contributed by atoms with E-state index in [9.17, 15) is 14.4 Å². The first-order valence-electron chi connectivity index (χ1n) is 10.1. The van der Waals surface area contributed by atoms with Gasteiger partial charge in [-0.1, -0.05) is 25.1 Å². The molecule has 0 aromatic heterocycles. The Bertz CT molecular complexity index is 714. The van der Waals surface area contributed by atoms with Crippen molar-refractivity contribution in [3.8, 4) is 0 Å². The number of hydrogen-bond donors (Lipinski definition) is 2. The lowest BCUT2D eigenvalue weighted by molar-refractivity contribution is -0.136. The lowest BCUT2D eigenvalue weighted by Gasteiger charge is -2.33. The molecule has 1 aliphatic carbocycles. The fourth-order valence-electron chi connectivity index (χ4n) is 3.97. The molecule has 0 bridgehead atoms. The summed E-state index contributed by atoms with van der Waals surface area (Å²) >= 11 is 0. The Balaban J connectivity index is 1.42. The largest absolute Gasteiger partial charge is 0.375 e. The van der Waals surface area contributed by atoms with Crippen molar-refractivity contribution in [2.45, 2.75) is 44.6 Å². The normalized spacial score (nSPS) is 24.4. The molecule has 4 amide bonds. The van der Waals surface area contributed by atoms with Gasteiger partial charge in [0.05, 0.1) is 0 Å². The van der Waals surface area contributed by atoms with Crippen molar-refractivity contribution in [1.82, 2.24) is 15.5 Å². The maximum Gasteiger partial charge on any atom is 0.325 e. The molecule has 2 fully saturated rings. The molecule has 1 aromatic rings. The zero-order chi connectivity index (χ0) is 20.1. The summed E-state index contributed by atoms with van der Waals surface area (Å²) in [5.41, 5.74) is 0.336. The first-order valence-corrected chi connectivity index (χ1v) is 10.1. The van der Waals surface area contributed by atoms with Crippen LogP contribution in [0.15, 0.2) is 30.3 Å². The maximum atomic E-state index is 12.8. The molecule has 7 heteroatoms. The molecule has 3 rings (SSSR count). The highest BCUT2D eigenvalue weighted by Gasteiger charge is 2.52. The number of hydrogen-bond acceptors (Lipinski definition) is 4. The first-order chi connectivity index (χ1) is 13.4. The van der Waals surface area contributed by atoms with Gasteiger partial charge in [-0.25, -0.2) is 4.79 Å². The molecule has 7 nitrogen and oxygen atoms in total. The fourth-order valence-corrected chi connectivity index (χ4v) is 3.97. The molecule has 28 heavy (non-hydrogen) atoms. The molecule has 1 heterocycles. The highest BCUT2D eigenvalue weighted by atomic mass is 16.2. The van der Waals surface area contributed by atoms with Gasteiger partial charge in [-0.15, -0.1) is 0 Å². The second-order valence-electron chi connectivity index (χ2n) is 8.05. The molecule has 0 radical (unpaired) electrons. The summed E-state index contributed by atoms with van der Waals surface area (Å²) in [7, 11) is 2.01. The van der Waals surface area contributed by atoms with E-state index in [2.05, 4.69) is 22.5 Å². The van der Waals surface area contributed by atoms with Gasteiger partial charge in [0.25, 0.3) is 5.91 Å². The van der Waals surface area contributed by atoms with Crippen LogP contribution in [0.5, 0.6) is 0 Å². The Morgan fingerprint density at radius 1 is 1.25 bits per heavy atom. The smallest absolute Gasteiger partial charge is 0.325 e. The van der Waals surface area contributed by atoms with Crippen LogP contribution in [-0.2, 0) is 9.59 Å². The van der Waals surface area contributed by atoms with Crippen molar-refractivity contribution < 1.29 is 14.4 Å². The van der Waals surface area contributed by atoms with Crippen LogP contribution in [0, 0.1) is 5.92 Å². The number of nitrogens with one attached hydrogen (secondary N) is 2. The van der Waals surface area contributed by atoms with Crippen LogP contribution in [0.4, 0.5) is 10.5 Å². The molecule has 152 valence electrons. The summed E-state index contributed by atoms with van der Waals surface area (Å²) in [6, 6.07) is 9.59. The van der Waals surface area contributed by atoms with Crippen molar-refractivity contribution in [2.75, 3.05) is 31.6 Å². The predicted octanol–water partition coefficient (Wildman–Crippen LogP) is 2.13. The van der Waals surface area contributed by atoms with Gasteiger partial charge in [0.1, 0.15) is 12.1 Å². The van der Waals surface area contributed by atoms with Gasteiger partial charge in [0.15, 0.2) is 0 Å². The third-order valence-electron chi connectivity index (χ3n) is 5.86. The SMILES string of the molecule is CC1CCC2(CC1)NC(=O)N(CC(=O)NCCCN(C)c1ccccc1)C2=O. The van der Waals surface area contributed by atoms with E-state index in [1.807, 2.05) is 37.4 Å². The van der Waals surface area contributed by atoms with Crippen molar-refractivity contribution in [3.63, 3.8) is 0 Å². The van der Waals surface area contributed by atoms with Crippen LogP contribution in [0.1, 0.15) is 39.0 Å². The topological polar surface area (TPSA) is 81.8 Å². The van der Waals surface area contributed by atoms with Crippen LogP contribution < -0.4 is 15.5 Å². The second kappa shape index (κ2) is 8.63. The number of carbonyl (C=O) groups excluding carboxylic acids is 3. The van der Waals surface area contributed by atoms with Crippen LogP contribution in [-0.4, -0.2) is 55.0 Å². The Labute approximate surface area is 166 Å². The number of anilines is 1. The van der Waals surface area contributed by atoms with Gasteiger partial charge in [0.2, 0.25) is 5.91 Å². The molecule has 1 spiro atoms. The molecule has 1 aliphatic heterocycles. The number of para-hydroxylation sites is 1. The summed E-state index contributed by atoms with van der Waals surface area (Å²) in [6.45, 7) is 3.25. The minimum absolute atomic E-state index is 0.212. The maximum absolute atomic E-state index is 12.8. The number of nitrogens with zero attached hydrogens (tertiary/aromatic N) is 2. The summed E-state index contributed by atoms with van der Waals surface area (Å²) < 4.78 is 0. The van der Waals surface area contributed by atoms with Gasteiger partial charge in [-0.2, -0.15) is 0 Å². The summed E-state index contributed by atoms with van der Waals surface area (Å²) in [4.78, 5) is 40.4. The third kappa shape index (κ3) is 4.46. The number of amides is 4. The van der Waals surface area contributed by atoms with E-state index < -0.39 is 11.6 Å². The highest BCUT2D eigenvalue weighted by molar-refractivity contribution is 6.09. The average molecular weight is 386 g/mol. The van der Waals surface area contributed by atoms with E-state index in [0.29, 0.717) is 25.3 Å². The van der Waals surface area contributed by atoms with Crippen molar-refractivity contribution >= 4 is 23.5 Å². The van der Waals surface area contributed by atoms with Crippen LogP contribution in [0.25, 0.3) is 0 Å². The second-order valence-corrected chi connectivity index (χ2v) is 8.05. The summed E-state index contributed by atoms with van der Waals surface area (Å²) in [5.74, 6) is 0.0251. The molecule has 1 aromatic carbocycles. The zero-order valence-corrected chi connectivity index (χ0v) is 16.7. The van der Waals surface area contributed by atoms with E-state index in [0.717, 1.165) is 36.4 Å². The van der Waals surface area contributed by atoms with Gasteiger partial charge in [0, 0.05) is 25.8 Å². The Kier molecular flexibility index (Phi) is 6.21. The molecule has 0 atom stereocenters. The van der Waals surface area contributed by atoms with Crippen LogP contribution in [0.3, 0.4) is 0 Å².